The van der Waals surface area contributed by atoms with Crippen molar-refractivity contribution in [2.45, 2.75) is 0 Å². The first-order valence-electron chi connectivity index (χ1n) is 6.61. The molecule has 1 aromatic heterocycles. The average Bonchev–Trinajstić information content (AvgIpc) is 3.08. The van der Waals surface area contributed by atoms with Gasteiger partial charge in [0.2, 0.25) is 5.78 Å². The Morgan fingerprint density at radius 3 is 2.20 bits per heavy atom. The molecule has 11 heteroatoms. The Hall–Kier alpha value is -4.02. The molecular formula is C14H6N4O7. The zero-order valence-corrected chi connectivity index (χ0v) is 12.1. The summed E-state index contributed by atoms with van der Waals surface area (Å²) in [7, 11) is 0. The van der Waals surface area contributed by atoms with Gasteiger partial charge in [-0.05, 0) is 12.1 Å². The van der Waals surface area contributed by atoms with Crippen molar-refractivity contribution in [3.63, 3.8) is 0 Å². The second kappa shape index (κ2) is 5.88. The molecule has 1 amide bonds. The van der Waals surface area contributed by atoms with Crippen LogP contribution in [0.1, 0.15) is 10.6 Å². The van der Waals surface area contributed by atoms with Crippen molar-refractivity contribution >= 4 is 23.1 Å². The lowest BCUT2D eigenvalue weighted by atomic mass is 10.2. The highest BCUT2D eigenvalue weighted by Gasteiger charge is 2.26. The number of hydrogen-bond acceptors (Lipinski definition) is 8. The molecule has 0 radical (unpaired) electrons. The molecule has 0 bridgehead atoms. The maximum absolute atomic E-state index is 11.9. The second-order valence-corrected chi connectivity index (χ2v) is 4.74. The van der Waals surface area contributed by atoms with Gasteiger partial charge < -0.3 is 4.42 Å². The maximum Gasteiger partial charge on any atom is 0.348 e. The van der Waals surface area contributed by atoms with Crippen LogP contribution in [-0.4, -0.2) is 21.5 Å². The van der Waals surface area contributed by atoms with E-state index in [0.717, 1.165) is 18.2 Å². The van der Waals surface area contributed by atoms with E-state index >= 15 is 0 Å². The summed E-state index contributed by atoms with van der Waals surface area (Å²) in [5, 5.41) is 21.6. The van der Waals surface area contributed by atoms with Gasteiger partial charge in [-0.3, -0.25) is 29.8 Å². The Bertz CT molecular complexity index is 1080. The van der Waals surface area contributed by atoms with Crippen molar-refractivity contribution in [2.24, 2.45) is 9.98 Å². The van der Waals surface area contributed by atoms with Crippen LogP contribution in [0.4, 0.5) is 11.4 Å². The van der Waals surface area contributed by atoms with Gasteiger partial charge in [-0.2, -0.15) is 0 Å². The number of nitro benzene ring substituents is 2. The van der Waals surface area contributed by atoms with Crippen LogP contribution >= 0.6 is 0 Å². The zero-order chi connectivity index (χ0) is 18.1. The van der Waals surface area contributed by atoms with E-state index in [-0.39, 0.29) is 22.2 Å². The fourth-order valence-electron chi connectivity index (χ4n) is 2.08. The van der Waals surface area contributed by atoms with E-state index in [1.54, 1.807) is 0 Å². The average molecular weight is 342 g/mol. The normalized spacial score (nSPS) is 14.4. The Morgan fingerprint density at radius 2 is 1.68 bits per heavy atom. The number of benzene rings is 1. The smallest absolute Gasteiger partial charge is 0.348 e. The third kappa shape index (κ3) is 2.93. The van der Waals surface area contributed by atoms with Crippen molar-refractivity contribution in [3.8, 4) is 0 Å². The molecular weight excluding hydrogens is 336 g/mol. The lowest BCUT2D eigenvalue weighted by Gasteiger charge is -2.02. The number of carbonyl (C=O) groups excluding carboxylic acids is 2. The number of carbonyl (C=O) groups is 2. The Morgan fingerprint density at radius 1 is 1.08 bits per heavy atom. The summed E-state index contributed by atoms with van der Waals surface area (Å²) in [6.07, 6.45) is 2.15. The number of ketones is 1. The number of fused-ring (bicyclic) bond motifs is 1. The fraction of sp³-hybridized carbons (Fsp3) is 0. The van der Waals surface area contributed by atoms with Gasteiger partial charge >= 0.3 is 11.4 Å². The van der Waals surface area contributed by atoms with Crippen molar-refractivity contribution in [1.82, 2.24) is 0 Å². The van der Waals surface area contributed by atoms with Gasteiger partial charge in [-0.25, -0.2) is 9.98 Å². The van der Waals surface area contributed by atoms with Crippen LogP contribution in [-0.2, 0) is 4.79 Å². The topological polar surface area (TPSA) is 158 Å². The Kier molecular flexibility index (Phi) is 3.73. The number of nitro groups is 2. The molecule has 0 N–H and O–H groups in total. The van der Waals surface area contributed by atoms with Crippen LogP contribution in [0, 0.1) is 20.2 Å². The molecule has 2 aromatic rings. The standard InChI is InChI=1S/C14H6N4O7/c19-12(13-2-1-3-25-13)6-9-14(20)16-8-5-11(18(23)24)10(17(21)22)4-7(8)15-9/h1-6H/b9-6+. The Balaban J connectivity index is 2.16. The van der Waals surface area contributed by atoms with Crippen LogP contribution in [0.15, 0.2) is 56.7 Å². The van der Waals surface area contributed by atoms with Crippen LogP contribution in [0.25, 0.3) is 0 Å². The van der Waals surface area contributed by atoms with Gasteiger partial charge in [0.05, 0.1) is 33.6 Å². The molecule has 25 heavy (non-hydrogen) atoms. The highest BCUT2D eigenvalue weighted by molar-refractivity contribution is 6.08. The van der Waals surface area contributed by atoms with Gasteiger partial charge in [0, 0.05) is 6.08 Å². The largest absolute Gasteiger partial charge is 0.461 e. The first-order chi connectivity index (χ1) is 11.9. The Labute approximate surface area is 136 Å². The van der Waals surface area contributed by atoms with Crippen molar-refractivity contribution < 1.29 is 23.9 Å². The number of rotatable bonds is 4. The minimum absolute atomic E-state index is 0.0315. The van der Waals surface area contributed by atoms with E-state index in [2.05, 4.69) is 9.98 Å². The summed E-state index contributed by atoms with van der Waals surface area (Å²) < 4.78 is 4.89. The van der Waals surface area contributed by atoms with E-state index in [4.69, 9.17) is 4.42 Å². The first-order valence-corrected chi connectivity index (χ1v) is 6.61. The number of allylic oxidation sites excluding steroid dienone is 1. The predicted molar refractivity (Wildman–Crippen MR) is 78.2 cm³/mol. The van der Waals surface area contributed by atoms with E-state index in [9.17, 15) is 29.8 Å². The zero-order valence-electron chi connectivity index (χ0n) is 12.1. The first kappa shape index (κ1) is 15.9. The third-order valence-electron chi connectivity index (χ3n) is 3.18. The summed E-state index contributed by atoms with van der Waals surface area (Å²) in [5.74, 6) is -1.58. The quantitative estimate of drug-likeness (QED) is 0.341. The summed E-state index contributed by atoms with van der Waals surface area (Å²) >= 11 is 0. The molecule has 0 fully saturated rings. The molecule has 0 aliphatic carbocycles. The summed E-state index contributed by atoms with van der Waals surface area (Å²) in [5.41, 5.74) is -1.97. The fourth-order valence-corrected chi connectivity index (χ4v) is 2.08. The molecule has 1 aromatic carbocycles. The summed E-state index contributed by atoms with van der Waals surface area (Å²) in [4.78, 5) is 51.3. The van der Waals surface area contributed by atoms with Crippen LogP contribution in [0.3, 0.4) is 0 Å². The van der Waals surface area contributed by atoms with Gasteiger partial charge in [0.15, 0.2) is 5.76 Å². The number of furan rings is 1. The van der Waals surface area contributed by atoms with Crippen molar-refractivity contribution in [3.05, 3.63) is 79.0 Å². The van der Waals surface area contributed by atoms with E-state index in [0.29, 0.717) is 0 Å². The van der Waals surface area contributed by atoms with Crippen molar-refractivity contribution in [2.75, 3.05) is 0 Å². The molecule has 124 valence electrons. The van der Waals surface area contributed by atoms with Gasteiger partial charge in [-0.1, -0.05) is 0 Å². The predicted octanol–water partition coefficient (Wildman–Crippen LogP) is 0.642. The van der Waals surface area contributed by atoms with Gasteiger partial charge in [-0.15, -0.1) is 0 Å². The molecule has 1 aliphatic heterocycles. The summed E-state index contributed by atoms with van der Waals surface area (Å²) in [6.45, 7) is 0. The SMILES string of the molecule is O=C1N=c2cc([N+](=O)[O-])c([N+](=O)[O-])cc2=N/C1=C/C(=O)c1ccco1. The van der Waals surface area contributed by atoms with E-state index < -0.39 is 32.9 Å². The lowest BCUT2D eigenvalue weighted by molar-refractivity contribution is -0.422. The number of nitrogens with zero attached hydrogens (tertiary/aromatic N) is 4. The van der Waals surface area contributed by atoms with Crippen LogP contribution in [0.5, 0.6) is 0 Å². The minimum Gasteiger partial charge on any atom is -0.461 e. The molecule has 0 unspecified atom stereocenters. The molecule has 3 rings (SSSR count). The van der Waals surface area contributed by atoms with Crippen LogP contribution < -0.4 is 10.7 Å². The molecule has 2 heterocycles. The highest BCUT2D eigenvalue weighted by atomic mass is 16.6. The van der Waals surface area contributed by atoms with Gasteiger partial charge in [0.1, 0.15) is 11.1 Å². The number of hydrogen-bond donors (Lipinski definition) is 0. The van der Waals surface area contributed by atoms with Crippen LogP contribution in [0.2, 0.25) is 0 Å². The van der Waals surface area contributed by atoms with Gasteiger partial charge in [0.25, 0.3) is 5.91 Å². The third-order valence-corrected chi connectivity index (χ3v) is 3.18. The second-order valence-electron chi connectivity index (χ2n) is 4.74. The number of amides is 1. The molecule has 0 saturated heterocycles. The summed E-state index contributed by atoms with van der Waals surface area (Å²) in [6, 6.07) is 4.48. The van der Waals surface area contributed by atoms with E-state index in [1.807, 2.05) is 0 Å². The highest BCUT2D eigenvalue weighted by Crippen LogP contribution is 2.22. The van der Waals surface area contributed by atoms with Crippen molar-refractivity contribution in [1.29, 1.82) is 0 Å². The molecule has 0 spiro atoms. The molecule has 11 nitrogen and oxygen atoms in total. The lowest BCUT2D eigenvalue weighted by Crippen LogP contribution is -2.32. The van der Waals surface area contributed by atoms with E-state index in [1.165, 1.54) is 18.4 Å². The molecule has 1 aliphatic rings. The monoisotopic (exact) mass is 342 g/mol. The molecule has 0 saturated carbocycles. The maximum atomic E-state index is 11.9. The molecule has 0 atom stereocenters. The minimum atomic E-state index is -0.954.